The number of halogens is 5. The van der Waals surface area contributed by atoms with Crippen LogP contribution in [0, 0.1) is 0 Å². The van der Waals surface area contributed by atoms with Gasteiger partial charge in [-0.15, -0.1) is 12.4 Å². The molecule has 0 saturated carbocycles. The highest BCUT2D eigenvalue weighted by Gasteiger charge is 2.33. The summed E-state index contributed by atoms with van der Waals surface area (Å²) in [5.41, 5.74) is 4.25. The van der Waals surface area contributed by atoms with Crippen LogP contribution in [-0.4, -0.2) is 13.2 Å². The third kappa shape index (κ3) is 4.08. The van der Waals surface area contributed by atoms with Crippen molar-refractivity contribution in [2.24, 2.45) is 5.73 Å². The molecule has 0 atom stereocenters. The Hall–Kier alpha value is -0.650. The van der Waals surface area contributed by atoms with Crippen LogP contribution in [0.4, 0.5) is 13.2 Å². The third-order valence-corrected chi connectivity index (χ3v) is 1.96. The van der Waals surface area contributed by atoms with Gasteiger partial charge in [0.1, 0.15) is 12.4 Å². The molecule has 0 spiro atoms. The average Bonchev–Trinajstić information content (AvgIpc) is 2.15. The maximum atomic E-state index is 12.4. The van der Waals surface area contributed by atoms with Crippen molar-refractivity contribution in [1.82, 2.24) is 0 Å². The number of hydrogen-bond acceptors (Lipinski definition) is 2. The first-order valence-corrected chi connectivity index (χ1v) is 4.52. The van der Waals surface area contributed by atoms with Crippen LogP contribution < -0.4 is 10.5 Å². The molecule has 0 aliphatic carbocycles. The summed E-state index contributed by atoms with van der Waals surface area (Å²) in [6.07, 6.45) is -4.47. The van der Waals surface area contributed by atoms with Gasteiger partial charge in [-0.25, -0.2) is 0 Å². The zero-order valence-corrected chi connectivity index (χ0v) is 9.62. The molecule has 0 heterocycles. The molecule has 0 bridgehead atoms. The van der Waals surface area contributed by atoms with E-state index >= 15 is 0 Å². The molecule has 2 N–H and O–H groups in total. The highest BCUT2D eigenvalue weighted by Crippen LogP contribution is 2.36. The lowest BCUT2D eigenvalue weighted by Gasteiger charge is -2.11. The second-order valence-corrected chi connectivity index (χ2v) is 3.18. The van der Waals surface area contributed by atoms with Crippen molar-refractivity contribution in [3.63, 3.8) is 0 Å². The van der Waals surface area contributed by atoms with Gasteiger partial charge in [-0.05, 0) is 18.2 Å². The maximum absolute atomic E-state index is 12.4. The molecule has 1 aromatic carbocycles. The van der Waals surface area contributed by atoms with Gasteiger partial charge in [-0.2, -0.15) is 13.2 Å². The van der Waals surface area contributed by atoms with Gasteiger partial charge in [0.05, 0.1) is 10.6 Å². The first-order chi connectivity index (χ1) is 6.95. The largest absolute Gasteiger partial charge is 0.492 e. The van der Waals surface area contributed by atoms with Gasteiger partial charge in [0, 0.05) is 6.54 Å². The van der Waals surface area contributed by atoms with Gasteiger partial charge >= 0.3 is 6.18 Å². The van der Waals surface area contributed by atoms with Crippen molar-refractivity contribution in [1.29, 1.82) is 0 Å². The Morgan fingerprint density at radius 1 is 1.31 bits per heavy atom. The fourth-order valence-corrected chi connectivity index (χ4v) is 1.21. The standard InChI is InChI=1S/C9H9ClF3NO.ClH/c10-8-2-1-6(15-4-3-14)5-7(8)9(11,12)13;/h1-2,5H,3-4,14H2;1H. The highest BCUT2D eigenvalue weighted by atomic mass is 35.5. The van der Waals surface area contributed by atoms with Gasteiger partial charge in [0.2, 0.25) is 0 Å². The van der Waals surface area contributed by atoms with Crippen LogP contribution in [0.1, 0.15) is 5.56 Å². The molecule has 7 heteroatoms. The summed E-state index contributed by atoms with van der Waals surface area (Å²) in [5.74, 6) is 0.108. The van der Waals surface area contributed by atoms with Gasteiger partial charge in [-0.1, -0.05) is 11.6 Å². The Labute approximate surface area is 102 Å². The molecule has 0 aromatic heterocycles. The Bertz CT molecular complexity index is 344. The van der Waals surface area contributed by atoms with E-state index in [1.54, 1.807) is 0 Å². The van der Waals surface area contributed by atoms with Crippen LogP contribution in [-0.2, 0) is 6.18 Å². The Kier molecular flexibility index (Phi) is 5.92. The molecule has 0 radical (unpaired) electrons. The smallest absolute Gasteiger partial charge is 0.417 e. The van der Waals surface area contributed by atoms with Gasteiger partial charge in [-0.3, -0.25) is 0 Å². The number of ether oxygens (including phenoxy) is 1. The summed E-state index contributed by atoms with van der Waals surface area (Å²) in [5, 5.41) is -0.345. The number of alkyl halides is 3. The zero-order chi connectivity index (χ0) is 11.5. The predicted octanol–water partition coefficient (Wildman–Crippen LogP) is 3.12. The highest BCUT2D eigenvalue weighted by molar-refractivity contribution is 6.31. The first kappa shape index (κ1) is 15.3. The minimum Gasteiger partial charge on any atom is -0.492 e. The van der Waals surface area contributed by atoms with Crippen molar-refractivity contribution in [3.05, 3.63) is 28.8 Å². The summed E-state index contributed by atoms with van der Waals surface area (Å²) in [7, 11) is 0. The van der Waals surface area contributed by atoms with Crippen molar-refractivity contribution in [2.75, 3.05) is 13.2 Å². The maximum Gasteiger partial charge on any atom is 0.417 e. The van der Waals surface area contributed by atoms with E-state index in [-0.39, 0.29) is 36.3 Å². The minimum absolute atomic E-state index is 0. The lowest BCUT2D eigenvalue weighted by atomic mass is 10.2. The molecule has 16 heavy (non-hydrogen) atoms. The Morgan fingerprint density at radius 2 is 1.94 bits per heavy atom. The molecule has 92 valence electrons. The monoisotopic (exact) mass is 275 g/mol. The number of hydrogen-bond donors (Lipinski definition) is 1. The SMILES string of the molecule is Cl.NCCOc1ccc(Cl)c(C(F)(F)F)c1. The van der Waals surface area contributed by atoms with E-state index in [2.05, 4.69) is 0 Å². The van der Waals surface area contributed by atoms with Crippen LogP contribution in [0.5, 0.6) is 5.75 Å². The van der Waals surface area contributed by atoms with Gasteiger partial charge in [0.15, 0.2) is 0 Å². The van der Waals surface area contributed by atoms with E-state index in [0.717, 1.165) is 12.1 Å². The molecule has 1 rings (SSSR count). The van der Waals surface area contributed by atoms with Gasteiger partial charge < -0.3 is 10.5 Å². The fraction of sp³-hybridized carbons (Fsp3) is 0.333. The summed E-state index contributed by atoms with van der Waals surface area (Å²) in [6, 6.07) is 3.38. The van der Waals surface area contributed by atoms with Crippen LogP contribution in [0.15, 0.2) is 18.2 Å². The Morgan fingerprint density at radius 3 is 2.44 bits per heavy atom. The van der Waals surface area contributed by atoms with Crippen molar-refractivity contribution < 1.29 is 17.9 Å². The summed E-state index contributed by atoms with van der Waals surface area (Å²) in [6.45, 7) is 0.406. The summed E-state index contributed by atoms with van der Waals surface area (Å²) >= 11 is 5.41. The average molecular weight is 276 g/mol. The van der Waals surface area contributed by atoms with E-state index in [1.165, 1.54) is 6.07 Å². The lowest BCUT2D eigenvalue weighted by molar-refractivity contribution is -0.137. The second-order valence-electron chi connectivity index (χ2n) is 2.78. The zero-order valence-electron chi connectivity index (χ0n) is 8.05. The molecular formula is C9H10Cl2F3NO. The molecule has 0 amide bonds. The van der Waals surface area contributed by atoms with E-state index in [1.807, 2.05) is 0 Å². The van der Waals surface area contributed by atoms with Crippen molar-refractivity contribution in [2.45, 2.75) is 6.18 Å². The molecule has 0 saturated heterocycles. The molecule has 0 unspecified atom stereocenters. The molecule has 0 aliphatic heterocycles. The Balaban J connectivity index is 0.00000225. The van der Waals surface area contributed by atoms with Crippen LogP contribution in [0.2, 0.25) is 5.02 Å². The molecule has 0 aliphatic rings. The number of nitrogens with two attached hydrogens (primary N) is 1. The fourth-order valence-electron chi connectivity index (χ4n) is 0.988. The van der Waals surface area contributed by atoms with E-state index in [4.69, 9.17) is 22.1 Å². The van der Waals surface area contributed by atoms with E-state index in [9.17, 15) is 13.2 Å². The number of benzene rings is 1. The van der Waals surface area contributed by atoms with Crippen molar-refractivity contribution >= 4 is 24.0 Å². The topological polar surface area (TPSA) is 35.2 Å². The second kappa shape index (κ2) is 6.18. The third-order valence-electron chi connectivity index (χ3n) is 1.63. The molecule has 1 aromatic rings. The normalized spacial score (nSPS) is 10.8. The quantitative estimate of drug-likeness (QED) is 0.920. The van der Waals surface area contributed by atoms with Crippen molar-refractivity contribution in [3.8, 4) is 5.75 Å². The first-order valence-electron chi connectivity index (χ1n) is 4.15. The van der Waals surface area contributed by atoms with E-state index in [0.29, 0.717) is 0 Å². The van der Waals surface area contributed by atoms with Gasteiger partial charge in [0.25, 0.3) is 0 Å². The van der Waals surface area contributed by atoms with Crippen LogP contribution in [0.3, 0.4) is 0 Å². The van der Waals surface area contributed by atoms with E-state index < -0.39 is 11.7 Å². The summed E-state index contributed by atoms with van der Waals surface area (Å²) in [4.78, 5) is 0. The van der Waals surface area contributed by atoms with Crippen LogP contribution >= 0.6 is 24.0 Å². The molecular weight excluding hydrogens is 266 g/mol. The lowest BCUT2D eigenvalue weighted by Crippen LogP contribution is -2.11. The minimum atomic E-state index is -4.47. The predicted molar refractivity (Wildman–Crippen MR) is 58.3 cm³/mol. The molecule has 2 nitrogen and oxygen atoms in total. The van der Waals surface area contributed by atoms with Crippen LogP contribution in [0.25, 0.3) is 0 Å². The number of rotatable bonds is 3. The molecule has 0 fully saturated rings. The summed E-state index contributed by atoms with van der Waals surface area (Å²) < 4.78 is 42.1.